The van der Waals surface area contributed by atoms with Crippen molar-refractivity contribution >= 4 is 5.84 Å². The van der Waals surface area contributed by atoms with E-state index in [2.05, 4.69) is 15.8 Å². The van der Waals surface area contributed by atoms with Crippen molar-refractivity contribution < 1.29 is 4.58 Å². The summed E-state index contributed by atoms with van der Waals surface area (Å²) in [5.41, 5.74) is 6.13. The third-order valence-electron chi connectivity index (χ3n) is 1.34. The summed E-state index contributed by atoms with van der Waals surface area (Å²) >= 11 is 0. The van der Waals surface area contributed by atoms with Gasteiger partial charge in [0.2, 0.25) is 0 Å². The number of hydrogen-bond acceptors (Lipinski definition) is 2. The molecule has 0 aliphatic heterocycles. The van der Waals surface area contributed by atoms with Crippen molar-refractivity contribution in [3.63, 3.8) is 0 Å². The summed E-state index contributed by atoms with van der Waals surface area (Å²) in [7, 11) is 8.03. The Morgan fingerprint density at radius 1 is 1.36 bits per heavy atom. The molecule has 2 N–H and O–H groups in total. The predicted molar refractivity (Wildman–Crippen MR) is 47.6 cm³/mol. The molecule has 0 aliphatic rings. The second-order valence-electron chi connectivity index (χ2n) is 3.02. The summed E-state index contributed by atoms with van der Waals surface area (Å²) in [4.78, 5) is 2.05. The number of hydrazine groups is 1. The van der Waals surface area contributed by atoms with Crippen LogP contribution < -0.4 is 10.9 Å². The molecule has 0 atom stereocenters. The lowest BCUT2D eigenvalue weighted by Crippen LogP contribution is -2.43. The minimum Gasteiger partial charge on any atom is -0.294 e. The van der Waals surface area contributed by atoms with Crippen LogP contribution in [-0.4, -0.2) is 50.2 Å². The van der Waals surface area contributed by atoms with Crippen LogP contribution in [0.3, 0.4) is 0 Å². The molecule has 11 heavy (non-hydrogen) atoms. The van der Waals surface area contributed by atoms with Crippen molar-refractivity contribution in [3.05, 3.63) is 0 Å². The average molecular weight is 159 g/mol. The third kappa shape index (κ3) is 5.82. The molecule has 0 radical (unpaired) electrons. The molecule has 0 bridgehead atoms. The third-order valence-corrected chi connectivity index (χ3v) is 1.34. The first-order chi connectivity index (χ1) is 5.04. The molecular weight excluding hydrogens is 140 g/mol. The van der Waals surface area contributed by atoms with Gasteiger partial charge in [-0.1, -0.05) is 0 Å². The molecule has 0 fully saturated rings. The summed E-state index contributed by atoms with van der Waals surface area (Å²) in [6.45, 7) is 2.84. The Kier molecular flexibility index (Phi) is 4.81. The number of nitrogens with one attached hydrogen (secondary N) is 2. The lowest BCUT2D eigenvalue weighted by atomic mass is 10.7. The van der Waals surface area contributed by atoms with E-state index < -0.39 is 0 Å². The van der Waals surface area contributed by atoms with Crippen molar-refractivity contribution in [1.29, 1.82) is 0 Å². The van der Waals surface area contributed by atoms with E-state index in [1.807, 2.05) is 39.7 Å². The highest BCUT2D eigenvalue weighted by Crippen LogP contribution is 1.66. The van der Waals surface area contributed by atoms with Gasteiger partial charge in [0, 0.05) is 6.92 Å². The quantitative estimate of drug-likeness (QED) is 0.187. The fraction of sp³-hybridized carbons (Fsp3) is 0.857. The molecule has 4 heteroatoms. The first-order valence-electron chi connectivity index (χ1n) is 3.68. The molecule has 0 aliphatic carbocycles. The predicted octanol–water partition coefficient (Wildman–Crippen LogP) is -0.710. The molecule has 0 spiro atoms. The van der Waals surface area contributed by atoms with Crippen molar-refractivity contribution in [2.75, 3.05) is 34.9 Å². The summed E-state index contributed by atoms with van der Waals surface area (Å²) in [6.07, 6.45) is 0. The van der Waals surface area contributed by atoms with E-state index in [0.29, 0.717) is 0 Å². The summed E-state index contributed by atoms with van der Waals surface area (Å²) in [6, 6.07) is 0. The molecule has 66 valence electrons. The average Bonchev–Trinajstić information content (AvgIpc) is 1.86. The lowest BCUT2D eigenvalue weighted by Gasteiger charge is -2.08. The van der Waals surface area contributed by atoms with Crippen LogP contribution in [0.1, 0.15) is 6.92 Å². The lowest BCUT2D eigenvalue weighted by molar-refractivity contribution is -0.467. The van der Waals surface area contributed by atoms with Crippen LogP contribution in [0.4, 0.5) is 0 Å². The van der Waals surface area contributed by atoms with Crippen LogP contribution >= 0.6 is 0 Å². The van der Waals surface area contributed by atoms with Gasteiger partial charge in [0.1, 0.15) is 0 Å². The Labute approximate surface area is 68.9 Å². The first kappa shape index (κ1) is 10.4. The van der Waals surface area contributed by atoms with Crippen LogP contribution in [0.15, 0.2) is 0 Å². The highest BCUT2D eigenvalue weighted by Gasteiger charge is 1.97. The number of rotatable bonds is 3. The largest absolute Gasteiger partial charge is 0.294 e. The molecular formula is C7H19N4+. The zero-order valence-corrected chi connectivity index (χ0v) is 8.10. The minimum atomic E-state index is 0.825. The molecule has 4 nitrogen and oxygen atoms in total. The van der Waals surface area contributed by atoms with Gasteiger partial charge in [-0.3, -0.25) is 9.48 Å². The second kappa shape index (κ2) is 5.09. The van der Waals surface area contributed by atoms with E-state index in [0.717, 1.165) is 12.5 Å². The smallest absolute Gasteiger partial charge is 0.259 e. The van der Waals surface area contributed by atoms with Crippen LogP contribution in [-0.2, 0) is 0 Å². The van der Waals surface area contributed by atoms with Gasteiger partial charge < -0.3 is 0 Å². The van der Waals surface area contributed by atoms with E-state index in [9.17, 15) is 0 Å². The summed E-state index contributed by atoms with van der Waals surface area (Å²) in [5.74, 6) is 1.10. The fourth-order valence-corrected chi connectivity index (χ4v) is 0.437. The standard InChI is InChI=1S/C7H18N4/c1-7(11(4)5)9-8-6-10(2)3/h8H,6H2,1-5H3/p+1. The topological polar surface area (TPSA) is 30.3 Å². The van der Waals surface area contributed by atoms with E-state index in [1.54, 1.807) is 0 Å². The van der Waals surface area contributed by atoms with Crippen LogP contribution in [0.25, 0.3) is 0 Å². The van der Waals surface area contributed by atoms with Gasteiger partial charge in [0.25, 0.3) is 5.84 Å². The Hall–Kier alpha value is -0.610. The monoisotopic (exact) mass is 159 g/mol. The van der Waals surface area contributed by atoms with E-state index in [-0.39, 0.29) is 0 Å². The number of hydrogen-bond donors (Lipinski definition) is 2. The van der Waals surface area contributed by atoms with E-state index in [4.69, 9.17) is 0 Å². The van der Waals surface area contributed by atoms with Crippen LogP contribution in [0, 0.1) is 0 Å². The highest BCUT2D eigenvalue weighted by atomic mass is 15.4. The van der Waals surface area contributed by atoms with Gasteiger partial charge in [-0.2, -0.15) is 10.9 Å². The van der Waals surface area contributed by atoms with Crippen molar-refractivity contribution in [2.24, 2.45) is 0 Å². The fourth-order valence-electron chi connectivity index (χ4n) is 0.437. The van der Waals surface area contributed by atoms with Gasteiger partial charge in [-0.15, -0.1) is 0 Å². The highest BCUT2D eigenvalue weighted by molar-refractivity contribution is 5.73. The van der Waals surface area contributed by atoms with Crippen molar-refractivity contribution in [2.45, 2.75) is 6.92 Å². The number of amidine groups is 1. The summed E-state index contributed by atoms with van der Waals surface area (Å²) in [5, 5.41) is 0. The molecule has 0 aromatic rings. The van der Waals surface area contributed by atoms with Crippen LogP contribution in [0.2, 0.25) is 0 Å². The molecule has 0 saturated heterocycles. The zero-order chi connectivity index (χ0) is 8.85. The Morgan fingerprint density at radius 2 is 1.91 bits per heavy atom. The Morgan fingerprint density at radius 3 is 2.27 bits per heavy atom. The maximum absolute atomic E-state index is 3.06. The van der Waals surface area contributed by atoms with Gasteiger partial charge in [-0.25, -0.2) is 0 Å². The summed E-state index contributed by atoms with van der Waals surface area (Å²) < 4.78 is 2.02. The number of nitrogens with zero attached hydrogens (tertiary/aromatic N) is 2. The van der Waals surface area contributed by atoms with Gasteiger partial charge in [-0.05, 0) is 14.1 Å². The molecule has 0 heterocycles. The molecule has 0 aromatic heterocycles. The van der Waals surface area contributed by atoms with Crippen LogP contribution in [0.5, 0.6) is 0 Å². The van der Waals surface area contributed by atoms with Gasteiger partial charge >= 0.3 is 0 Å². The molecule has 0 unspecified atom stereocenters. The minimum absolute atomic E-state index is 0.825. The molecule has 0 amide bonds. The SMILES string of the molecule is CC(NNCN(C)C)=[N+](C)C. The molecule has 0 saturated carbocycles. The van der Waals surface area contributed by atoms with Crippen molar-refractivity contribution in [1.82, 2.24) is 15.8 Å². The maximum Gasteiger partial charge on any atom is 0.259 e. The second-order valence-corrected chi connectivity index (χ2v) is 3.02. The van der Waals surface area contributed by atoms with E-state index >= 15 is 0 Å². The van der Waals surface area contributed by atoms with Crippen molar-refractivity contribution in [3.8, 4) is 0 Å². The van der Waals surface area contributed by atoms with E-state index in [1.165, 1.54) is 0 Å². The Bertz CT molecular complexity index is 135. The normalized spacial score (nSPS) is 10.0. The maximum atomic E-state index is 3.06. The first-order valence-corrected chi connectivity index (χ1v) is 3.68. The molecule has 0 rings (SSSR count). The van der Waals surface area contributed by atoms with Gasteiger partial charge in [0.15, 0.2) is 0 Å². The van der Waals surface area contributed by atoms with Gasteiger partial charge in [0.05, 0.1) is 20.8 Å². The zero-order valence-electron chi connectivity index (χ0n) is 8.10. The Balaban J connectivity index is 3.48. The molecule has 0 aromatic carbocycles.